The molecule has 0 unspecified atom stereocenters. The Bertz CT molecular complexity index is 336. The van der Waals surface area contributed by atoms with Gasteiger partial charge in [-0.1, -0.05) is 6.07 Å². The van der Waals surface area contributed by atoms with Crippen LogP contribution in [0, 0.1) is 25.2 Å². The number of nitrogens with zero attached hydrogens (tertiary/aromatic N) is 1. The zero-order valence-electron chi connectivity index (χ0n) is 7.26. The fourth-order valence-corrected chi connectivity index (χ4v) is 1.14. The molecule has 0 atom stereocenters. The van der Waals surface area contributed by atoms with Crippen LogP contribution >= 0.6 is 0 Å². The Balaban J connectivity index is 3.31. The molecule has 0 aliphatic carbocycles. The molecule has 0 amide bonds. The standard InChI is InChI=1S/C10H11NO/c1-7-3-9(6-12)4-10(5-11)8(7)2/h3-4,12H,6H2,1-2H3. The summed E-state index contributed by atoms with van der Waals surface area (Å²) in [5.74, 6) is 0. The first-order valence-electron chi connectivity index (χ1n) is 3.80. The van der Waals surface area contributed by atoms with E-state index < -0.39 is 0 Å². The zero-order valence-corrected chi connectivity index (χ0v) is 7.26. The van der Waals surface area contributed by atoms with E-state index in [-0.39, 0.29) is 6.61 Å². The molecule has 0 spiro atoms. The van der Waals surface area contributed by atoms with Crippen molar-refractivity contribution in [2.75, 3.05) is 0 Å². The maximum absolute atomic E-state index is 8.86. The molecule has 0 radical (unpaired) electrons. The highest BCUT2D eigenvalue weighted by Crippen LogP contribution is 2.15. The number of benzene rings is 1. The average molecular weight is 161 g/mol. The summed E-state index contributed by atoms with van der Waals surface area (Å²) in [7, 11) is 0. The SMILES string of the molecule is Cc1cc(CO)cc(C#N)c1C. The van der Waals surface area contributed by atoms with Crippen molar-refractivity contribution in [2.45, 2.75) is 20.5 Å². The number of aliphatic hydroxyl groups is 1. The van der Waals surface area contributed by atoms with Crippen molar-refractivity contribution >= 4 is 0 Å². The predicted molar refractivity (Wildman–Crippen MR) is 46.6 cm³/mol. The van der Waals surface area contributed by atoms with E-state index in [1.54, 1.807) is 6.07 Å². The zero-order chi connectivity index (χ0) is 9.14. The van der Waals surface area contributed by atoms with Gasteiger partial charge in [-0.2, -0.15) is 5.26 Å². The molecule has 0 aliphatic heterocycles. The molecule has 0 saturated heterocycles. The highest BCUT2D eigenvalue weighted by atomic mass is 16.3. The van der Waals surface area contributed by atoms with Crippen LogP contribution in [0.4, 0.5) is 0 Å². The van der Waals surface area contributed by atoms with Crippen LogP contribution in [0.25, 0.3) is 0 Å². The number of hydrogen-bond donors (Lipinski definition) is 1. The van der Waals surface area contributed by atoms with Gasteiger partial charge in [-0.3, -0.25) is 0 Å². The lowest BCUT2D eigenvalue weighted by atomic mass is 10.0. The first-order valence-corrected chi connectivity index (χ1v) is 3.80. The Labute approximate surface area is 72.1 Å². The van der Waals surface area contributed by atoms with Gasteiger partial charge in [-0.05, 0) is 36.6 Å². The van der Waals surface area contributed by atoms with Crippen molar-refractivity contribution < 1.29 is 5.11 Å². The normalized spacial score (nSPS) is 9.50. The van der Waals surface area contributed by atoms with Crippen molar-refractivity contribution in [3.63, 3.8) is 0 Å². The van der Waals surface area contributed by atoms with Crippen LogP contribution in [0.2, 0.25) is 0 Å². The molecule has 0 fully saturated rings. The van der Waals surface area contributed by atoms with E-state index in [0.29, 0.717) is 5.56 Å². The summed E-state index contributed by atoms with van der Waals surface area (Å²) in [4.78, 5) is 0. The minimum Gasteiger partial charge on any atom is -0.392 e. The summed E-state index contributed by atoms with van der Waals surface area (Å²) in [5, 5.41) is 17.6. The predicted octanol–water partition coefficient (Wildman–Crippen LogP) is 1.67. The molecule has 0 heterocycles. The largest absolute Gasteiger partial charge is 0.392 e. The Morgan fingerprint density at radius 1 is 1.42 bits per heavy atom. The van der Waals surface area contributed by atoms with Crippen molar-refractivity contribution in [1.82, 2.24) is 0 Å². The third-order valence-corrected chi connectivity index (χ3v) is 2.03. The van der Waals surface area contributed by atoms with Crippen LogP contribution in [0.15, 0.2) is 12.1 Å². The van der Waals surface area contributed by atoms with Crippen molar-refractivity contribution in [3.05, 3.63) is 34.4 Å². The number of aliphatic hydroxyl groups excluding tert-OH is 1. The second kappa shape index (κ2) is 3.38. The molecular weight excluding hydrogens is 150 g/mol. The molecule has 0 aliphatic rings. The third-order valence-electron chi connectivity index (χ3n) is 2.03. The fraction of sp³-hybridized carbons (Fsp3) is 0.300. The molecule has 2 nitrogen and oxygen atoms in total. The Kier molecular flexibility index (Phi) is 2.47. The first-order chi connectivity index (χ1) is 5.69. The van der Waals surface area contributed by atoms with Crippen LogP contribution in [0.3, 0.4) is 0 Å². The smallest absolute Gasteiger partial charge is 0.0994 e. The van der Waals surface area contributed by atoms with E-state index in [4.69, 9.17) is 10.4 Å². The molecule has 0 aromatic heterocycles. The average Bonchev–Trinajstić information content (AvgIpc) is 2.09. The summed E-state index contributed by atoms with van der Waals surface area (Å²) in [5.41, 5.74) is 3.50. The van der Waals surface area contributed by atoms with Gasteiger partial charge >= 0.3 is 0 Å². The third kappa shape index (κ3) is 1.46. The molecule has 62 valence electrons. The van der Waals surface area contributed by atoms with Crippen LogP contribution in [0.1, 0.15) is 22.3 Å². The molecule has 1 aromatic rings. The maximum Gasteiger partial charge on any atom is 0.0994 e. The summed E-state index contributed by atoms with van der Waals surface area (Å²) in [6, 6.07) is 5.72. The molecule has 12 heavy (non-hydrogen) atoms. The summed E-state index contributed by atoms with van der Waals surface area (Å²) < 4.78 is 0. The molecule has 1 aromatic carbocycles. The molecular formula is C10H11NO. The minimum absolute atomic E-state index is 0.00417. The van der Waals surface area contributed by atoms with Gasteiger partial charge in [0.15, 0.2) is 0 Å². The number of hydrogen-bond acceptors (Lipinski definition) is 2. The second-order valence-electron chi connectivity index (χ2n) is 2.86. The van der Waals surface area contributed by atoms with Crippen LogP contribution in [-0.4, -0.2) is 5.11 Å². The van der Waals surface area contributed by atoms with Crippen LogP contribution in [-0.2, 0) is 6.61 Å². The van der Waals surface area contributed by atoms with Gasteiger partial charge in [-0.25, -0.2) is 0 Å². The van der Waals surface area contributed by atoms with Gasteiger partial charge in [0.25, 0.3) is 0 Å². The number of nitriles is 1. The van der Waals surface area contributed by atoms with Gasteiger partial charge in [0.2, 0.25) is 0 Å². The molecule has 2 heteroatoms. The van der Waals surface area contributed by atoms with E-state index >= 15 is 0 Å². The lowest BCUT2D eigenvalue weighted by Crippen LogP contribution is -1.92. The quantitative estimate of drug-likeness (QED) is 0.680. The minimum atomic E-state index is -0.00417. The lowest BCUT2D eigenvalue weighted by Gasteiger charge is -2.04. The molecule has 1 N–H and O–H groups in total. The van der Waals surface area contributed by atoms with Crippen molar-refractivity contribution in [1.29, 1.82) is 5.26 Å². The van der Waals surface area contributed by atoms with E-state index in [1.165, 1.54) is 0 Å². The maximum atomic E-state index is 8.86. The second-order valence-corrected chi connectivity index (χ2v) is 2.86. The van der Waals surface area contributed by atoms with E-state index in [0.717, 1.165) is 16.7 Å². The highest BCUT2D eigenvalue weighted by molar-refractivity contribution is 5.44. The Morgan fingerprint density at radius 3 is 2.58 bits per heavy atom. The van der Waals surface area contributed by atoms with Gasteiger partial charge in [0, 0.05) is 0 Å². The van der Waals surface area contributed by atoms with Gasteiger partial charge < -0.3 is 5.11 Å². The summed E-state index contributed by atoms with van der Waals surface area (Å²) in [6.07, 6.45) is 0. The molecule has 1 rings (SSSR count). The topological polar surface area (TPSA) is 44.0 Å². The van der Waals surface area contributed by atoms with E-state index in [1.807, 2.05) is 19.9 Å². The van der Waals surface area contributed by atoms with Gasteiger partial charge in [0.1, 0.15) is 0 Å². The Hall–Kier alpha value is -1.33. The number of aryl methyl sites for hydroxylation is 1. The molecule has 0 saturated carbocycles. The Morgan fingerprint density at radius 2 is 2.08 bits per heavy atom. The van der Waals surface area contributed by atoms with Crippen LogP contribution in [0.5, 0.6) is 0 Å². The van der Waals surface area contributed by atoms with E-state index in [2.05, 4.69) is 6.07 Å². The van der Waals surface area contributed by atoms with Gasteiger partial charge in [0.05, 0.1) is 18.2 Å². The van der Waals surface area contributed by atoms with Crippen LogP contribution < -0.4 is 0 Å². The monoisotopic (exact) mass is 161 g/mol. The lowest BCUT2D eigenvalue weighted by molar-refractivity contribution is 0.281. The van der Waals surface area contributed by atoms with Gasteiger partial charge in [-0.15, -0.1) is 0 Å². The van der Waals surface area contributed by atoms with E-state index in [9.17, 15) is 0 Å². The van der Waals surface area contributed by atoms with Crippen molar-refractivity contribution in [2.24, 2.45) is 0 Å². The summed E-state index contributed by atoms with van der Waals surface area (Å²) in [6.45, 7) is 3.85. The fourth-order valence-electron chi connectivity index (χ4n) is 1.14. The molecule has 0 bridgehead atoms. The summed E-state index contributed by atoms with van der Waals surface area (Å²) >= 11 is 0. The van der Waals surface area contributed by atoms with Crippen molar-refractivity contribution in [3.8, 4) is 6.07 Å². The number of rotatable bonds is 1. The highest BCUT2D eigenvalue weighted by Gasteiger charge is 2.02. The first kappa shape index (κ1) is 8.76.